The van der Waals surface area contributed by atoms with E-state index in [1.165, 1.54) is 11.1 Å². The Hall–Kier alpha value is -4.02. The van der Waals surface area contributed by atoms with Crippen LogP contribution in [0, 0.1) is 0 Å². The third-order valence-electron chi connectivity index (χ3n) is 6.57. The van der Waals surface area contributed by atoms with E-state index in [1.54, 1.807) is 12.1 Å². The number of aryl methyl sites for hydroxylation is 1. The number of aromatic nitrogens is 5. The van der Waals surface area contributed by atoms with Gasteiger partial charge in [-0.1, -0.05) is 6.07 Å². The molecule has 1 aromatic carbocycles. The van der Waals surface area contributed by atoms with E-state index in [2.05, 4.69) is 26.4 Å². The van der Waals surface area contributed by atoms with Gasteiger partial charge in [0, 0.05) is 42.7 Å². The number of anilines is 3. The molecule has 0 saturated carbocycles. The predicted molar refractivity (Wildman–Crippen MR) is 133 cm³/mol. The van der Waals surface area contributed by atoms with Crippen LogP contribution in [0.1, 0.15) is 12.5 Å². The molecule has 1 atom stereocenters. The van der Waals surface area contributed by atoms with Gasteiger partial charge in [-0.15, -0.1) is 0 Å². The summed E-state index contributed by atoms with van der Waals surface area (Å²) in [6, 6.07) is 12.8. The van der Waals surface area contributed by atoms with Crippen LogP contribution in [0.25, 0.3) is 22.9 Å². The van der Waals surface area contributed by atoms with Crippen LogP contribution >= 0.6 is 0 Å². The highest BCUT2D eigenvalue weighted by atomic mass is 16.5. The Morgan fingerprint density at radius 2 is 2.00 bits per heavy atom. The number of benzene rings is 1. The number of aromatic amines is 1. The summed E-state index contributed by atoms with van der Waals surface area (Å²) in [6.45, 7) is 5.16. The molecule has 10 heteroatoms. The molecule has 5 heterocycles. The van der Waals surface area contributed by atoms with Gasteiger partial charge >= 0.3 is 0 Å². The van der Waals surface area contributed by atoms with Crippen LogP contribution in [0.3, 0.4) is 0 Å². The topological polar surface area (TPSA) is 118 Å². The second-order valence-corrected chi connectivity index (χ2v) is 8.83. The first-order valence-corrected chi connectivity index (χ1v) is 11.7. The van der Waals surface area contributed by atoms with Crippen molar-refractivity contribution in [1.82, 2.24) is 24.5 Å². The molecule has 35 heavy (non-hydrogen) atoms. The van der Waals surface area contributed by atoms with Crippen LogP contribution in [0.15, 0.2) is 59.7 Å². The third-order valence-corrected chi connectivity index (χ3v) is 6.57. The number of morpholine rings is 1. The fourth-order valence-electron chi connectivity index (χ4n) is 4.72. The smallest absolute Gasteiger partial charge is 0.249 e. The lowest BCUT2D eigenvalue weighted by molar-refractivity contribution is 0.0984. The van der Waals surface area contributed by atoms with Crippen molar-refractivity contribution in [3.8, 4) is 22.9 Å². The number of hydrogen-bond acceptors (Lipinski definition) is 8. The lowest BCUT2D eigenvalue weighted by atomic mass is 10.0. The molecule has 2 aliphatic heterocycles. The quantitative estimate of drug-likeness (QED) is 0.345. The summed E-state index contributed by atoms with van der Waals surface area (Å²) < 4.78 is 7.82. The molecule has 1 saturated heterocycles. The number of ether oxygens (including phenoxy) is 1. The molecule has 3 N–H and O–H groups in total. The SMILES string of the molecule is C[C@H]1COCCN1c1nc(-c2ccc(N(N)c3cccc(=O)[nH]3)cc2)nc2c1CCn1ccnc1-2. The first kappa shape index (κ1) is 21.5. The van der Waals surface area contributed by atoms with Gasteiger partial charge in [0.25, 0.3) is 0 Å². The Labute approximate surface area is 202 Å². The van der Waals surface area contributed by atoms with Crippen molar-refractivity contribution in [2.24, 2.45) is 5.84 Å². The minimum Gasteiger partial charge on any atom is -0.377 e. The van der Waals surface area contributed by atoms with Crippen molar-refractivity contribution in [2.45, 2.75) is 25.9 Å². The van der Waals surface area contributed by atoms with Crippen molar-refractivity contribution in [3.63, 3.8) is 0 Å². The number of pyridine rings is 1. The highest BCUT2D eigenvalue weighted by Crippen LogP contribution is 2.36. The molecule has 2 aliphatic rings. The largest absolute Gasteiger partial charge is 0.377 e. The predicted octanol–water partition coefficient (Wildman–Crippen LogP) is 2.49. The first-order valence-electron chi connectivity index (χ1n) is 11.7. The number of fused-ring (bicyclic) bond motifs is 3. The standard InChI is InChI=1S/C25H26N8O2/c1-16-15-35-14-13-32(16)24-19-9-11-31-12-10-27-25(31)22(19)29-23(30-24)17-5-7-18(8-6-17)33(26)20-3-2-4-21(34)28-20/h2-8,10,12,16H,9,11,13-15,26H2,1H3,(H,28,34)/t16-/m0/s1. The Bertz CT molecular complexity index is 1430. The normalized spacial score (nSPS) is 17.1. The minimum atomic E-state index is -0.208. The summed E-state index contributed by atoms with van der Waals surface area (Å²) in [6.07, 6.45) is 4.67. The van der Waals surface area contributed by atoms with Gasteiger partial charge in [0.15, 0.2) is 11.6 Å². The van der Waals surface area contributed by atoms with E-state index in [4.69, 9.17) is 20.5 Å². The van der Waals surface area contributed by atoms with Crippen LogP contribution < -0.4 is 21.3 Å². The van der Waals surface area contributed by atoms with Gasteiger partial charge in [-0.25, -0.2) is 20.8 Å². The molecule has 6 rings (SSSR count). The van der Waals surface area contributed by atoms with Gasteiger partial charge in [0.2, 0.25) is 5.56 Å². The fraction of sp³-hybridized carbons (Fsp3) is 0.280. The summed E-state index contributed by atoms with van der Waals surface area (Å²) >= 11 is 0. The summed E-state index contributed by atoms with van der Waals surface area (Å²) in [4.78, 5) is 31.4. The highest BCUT2D eigenvalue weighted by Gasteiger charge is 2.29. The van der Waals surface area contributed by atoms with Gasteiger partial charge in [-0.3, -0.25) is 9.80 Å². The molecule has 0 radical (unpaired) electrons. The average molecular weight is 471 g/mol. The van der Waals surface area contributed by atoms with Crippen molar-refractivity contribution in [2.75, 3.05) is 29.7 Å². The molecule has 3 aromatic heterocycles. The van der Waals surface area contributed by atoms with Crippen molar-refractivity contribution < 1.29 is 4.74 Å². The van der Waals surface area contributed by atoms with E-state index in [-0.39, 0.29) is 11.6 Å². The van der Waals surface area contributed by atoms with E-state index in [0.29, 0.717) is 24.9 Å². The van der Waals surface area contributed by atoms with E-state index in [1.807, 2.05) is 36.7 Å². The van der Waals surface area contributed by atoms with E-state index in [0.717, 1.165) is 53.7 Å². The van der Waals surface area contributed by atoms with Gasteiger partial charge in [0.1, 0.15) is 17.3 Å². The Balaban J connectivity index is 1.41. The molecule has 4 aromatic rings. The van der Waals surface area contributed by atoms with Crippen molar-refractivity contribution in [3.05, 3.63) is 70.8 Å². The number of H-pyrrole nitrogens is 1. The fourth-order valence-corrected chi connectivity index (χ4v) is 4.72. The first-order chi connectivity index (χ1) is 17.1. The zero-order valence-electron chi connectivity index (χ0n) is 19.4. The number of nitrogens with one attached hydrogen (secondary N) is 1. The molecular formula is C25H26N8O2. The second kappa shape index (κ2) is 8.64. The van der Waals surface area contributed by atoms with Crippen LogP contribution in [0.5, 0.6) is 0 Å². The third kappa shape index (κ3) is 3.86. The van der Waals surface area contributed by atoms with Crippen LogP contribution in [0.4, 0.5) is 17.3 Å². The molecule has 10 nitrogen and oxygen atoms in total. The van der Waals surface area contributed by atoms with Gasteiger partial charge in [-0.2, -0.15) is 0 Å². The monoisotopic (exact) mass is 470 g/mol. The zero-order valence-corrected chi connectivity index (χ0v) is 19.4. The van der Waals surface area contributed by atoms with Crippen LogP contribution in [-0.2, 0) is 17.7 Å². The molecule has 1 fully saturated rings. The second-order valence-electron chi connectivity index (χ2n) is 8.83. The zero-order chi connectivity index (χ0) is 23.9. The van der Waals surface area contributed by atoms with Gasteiger partial charge in [-0.05, 0) is 43.7 Å². The lowest BCUT2D eigenvalue weighted by Crippen LogP contribution is -2.45. The average Bonchev–Trinajstić information content (AvgIpc) is 3.38. The molecule has 0 bridgehead atoms. The van der Waals surface area contributed by atoms with E-state index in [9.17, 15) is 4.79 Å². The molecule has 0 amide bonds. The number of hydrazine groups is 1. The summed E-state index contributed by atoms with van der Waals surface area (Å²) in [5.74, 6) is 9.22. The van der Waals surface area contributed by atoms with Crippen LogP contribution in [0.2, 0.25) is 0 Å². The lowest BCUT2D eigenvalue weighted by Gasteiger charge is -2.36. The highest BCUT2D eigenvalue weighted by molar-refractivity contribution is 5.72. The number of hydrogen-bond donors (Lipinski definition) is 2. The number of imidazole rings is 1. The summed E-state index contributed by atoms with van der Waals surface area (Å²) in [5.41, 5.74) is 3.41. The Morgan fingerprint density at radius 1 is 1.14 bits per heavy atom. The molecule has 0 spiro atoms. The molecule has 0 unspecified atom stereocenters. The van der Waals surface area contributed by atoms with Gasteiger partial charge < -0.3 is 19.2 Å². The number of nitrogens with two attached hydrogens (primary N) is 1. The minimum absolute atomic E-state index is 0.208. The molecule has 0 aliphatic carbocycles. The Morgan fingerprint density at radius 3 is 2.80 bits per heavy atom. The molecule has 178 valence electrons. The van der Waals surface area contributed by atoms with Gasteiger partial charge in [0.05, 0.1) is 24.9 Å². The Kier molecular flexibility index (Phi) is 5.31. The maximum absolute atomic E-state index is 11.7. The van der Waals surface area contributed by atoms with E-state index < -0.39 is 0 Å². The van der Waals surface area contributed by atoms with Crippen molar-refractivity contribution in [1.29, 1.82) is 0 Å². The summed E-state index contributed by atoms with van der Waals surface area (Å²) in [5, 5.41) is 1.44. The molecular weight excluding hydrogens is 444 g/mol. The van der Waals surface area contributed by atoms with E-state index >= 15 is 0 Å². The number of rotatable bonds is 4. The number of nitrogens with zero attached hydrogens (tertiary/aromatic N) is 6. The summed E-state index contributed by atoms with van der Waals surface area (Å²) in [7, 11) is 0. The van der Waals surface area contributed by atoms with Crippen LogP contribution in [-0.4, -0.2) is 50.3 Å². The van der Waals surface area contributed by atoms with Crippen molar-refractivity contribution >= 4 is 17.3 Å². The maximum Gasteiger partial charge on any atom is 0.249 e. The maximum atomic E-state index is 11.7.